The van der Waals surface area contributed by atoms with E-state index in [0.717, 1.165) is 5.56 Å². The summed E-state index contributed by atoms with van der Waals surface area (Å²) in [5.41, 5.74) is 2.47. The second kappa shape index (κ2) is 4.83. The molecule has 0 atom stereocenters. The molecule has 0 spiro atoms. The highest BCUT2D eigenvalue weighted by molar-refractivity contribution is 5.97. The molecule has 0 heterocycles. The van der Waals surface area contributed by atoms with Crippen molar-refractivity contribution in [3.8, 4) is 5.75 Å². The summed E-state index contributed by atoms with van der Waals surface area (Å²) in [6, 6.07) is 14.4. The Hall–Kier alpha value is -2.09. The Balaban J connectivity index is 2.17. The highest BCUT2D eigenvalue weighted by Crippen LogP contribution is 2.18. The fourth-order valence-electron chi connectivity index (χ4n) is 1.67. The van der Waals surface area contributed by atoms with Crippen molar-refractivity contribution in [1.82, 2.24) is 0 Å². The van der Waals surface area contributed by atoms with Crippen LogP contribution in [0.2, 0.25) is 0 Å². The first-order chi connectivity index (χ1) is 8.16. The Morgan fingerprint density at radius 2 is 1.71 bits per heavy atom. The van der Waals surface area contributed by atoms with Crippen LogP contribution in [0.3, 0.4) is 0 Å². The van der Waals surface area contributed by atoms with Crippen molar-refractivity contribution in [3.05, 3.63) is 65.2 Å². The van der Waals surface area contributed by atoms with E-state index < -0.39 is 0 Å². The number of phenols is 1. The number of rotatable bonds is 3. The summed E-state index contributed by atoms with van der Waals surface area (Å²) in [5, 5.41) is 9.60. The Kier molecular flexibility index (Phi) is 3.24. The van der Waals surface area contributed by atoms with Crippen LogP contribution < -0.4 is 0 Å². The molecule has 0 aliphatic heterocycles. The van der Waals surface area contributed by atoms with Gasteiger partial charge in [-0.05, 0) is 13.0 Å². The van der Waals surface area contributed by atoms with Crippen LogP contribution in [0.15, 0.2) is 48.5 Å². The lowest BCUT2D eigenvalue weighted by Crippen LogP contribution is -2.03. The monoisotopic (exact) mass is 226 g/mol. The molecule has 0 aliphatic carbocycles. The van der Waals surface area contributed by atoms with Crippen LogP contribution in [0.25, 0.3) is 0 Å². The maximum atomic E-state index is 12.0. The molecule has 2 heteroatoms. The Morgan fingerprint density at radius 3 is 2.35 bits per heavy atom. The standard InChI is InChI=1S/C15H14O2/c1-11-6-8-12(9-7-11)15(17)10-13-4-2-3-5-14(13)16/h2-9,16H,10H2,1H3. The summed E-state index contributed by atoms with van der Waals surface area (Å²) in [4.78, 5) is 12.0. The Morgan fingerprint density at radius 1 is 1.06 bits per heavy atom. The van der Waals surface area contributed by atoms with Crippen molar-refractivity contribution in [2.24, 2.45) is 0 Å². The van der Waals surface area contributed by atoms with Gasteiger partial charge in [-0.1, -0.05) is 48.0 Å². The fourth-order valence-corrected chi connectivity index (χ4v) is 1.67. The number of aromatic hydroxyl groups is 1. The molecule has 0 amide bonds. The molecule has 0 radical (unpaired) electrons. The summed E-state index contributed by atoms with van der Waals surface area (Å²) < 4.78 is 0. The number of hydrogen-bond donors (Lipinski definition) is 1. The lowest BCUT2D eigenvalue weighted by atomic mass is 10.0. The van der Waals surface area contributed by atoms with E-state index in [1.54, 1.807) is 18.2 Å². The maximum Gasteiger partial charge on any atom is 0.167 e. The smallest absolute Gasteiger partial charge is 0.167 e. The third-order valence-electron chi connectivity index (χ3n) is 2.72. The number of para-hydroxylation sites is 1. The topological polar surface area (TPSA) is 37.3 Å². The van der Waals surface area contributed by atoms with E-state index in [1.807, 2.05) is 37.3 Å². The van der Waals surface area contributed by atoms with Crippen molar-refractivity contribution < 1.29 is 9.90 Å². The van der Waals surface area contributed by atoms with Gasteiger partial charge in [0, 0.05) is 17.5 Å². The summed E-state index contributed by atoms with van der Waals surface area (Å²) in [5.74, 6) is 0.194. The average Bonchev–Trinajstić information content (AvgIpc) is 2.33. The predicted molar refractivity (Wildman–Crippen MR) is 67.3 cm³/mol. The number of benzene rings is 2. The summed E-state index contributed by atoms with van der Waals surface area (Å²) in [7, 11) is 0. The molecule has 86 valence electrons. The number of hydrogen-bond acceptors (Lipinski definition) is 2. The summed E-state index contributed by atoms with van der Waals surface area (Å²) in [6.07, 6.45) is 0.232. The van der Waals surface area contributed by atoms with Crippen LogP contribution in [-0.2, 0) is 6.42 Å². The minimum Gasteiger partial charge on any atom is -0.508 e. The molecule has 0 bridgehead atoms. The van der Waals surface area contributed by atoms with E-state index in [1.165, 1.54) is 0 Å². The van der Waals surface area contributed by atoms with E-state index in [9.17, 15) is 9.90 Å². The van der Waals surface area contributed by atoms with Crippen molar-refractivity contribution in [2.45, 2.75) is 13.3 Å². The lowest BCUT2D eigenvalue weighted by Gasteiger charge is -2.04. The molecule has 2 nitrogen and oxygen atoms in total. The number of aryl methyl sites for hydroxylation is 1. The number of Topliss-reactive ketones (excluding diaryl/α,β-unsaturated/α-hetero) is 1. The van der Waals surface area contributed by atoms with Gasteiger partial charge in [0.2, 0.25) is 0 Å². The first-order valence-corrected chi connectivity index (χ1v) is 5.53. The highest BCUT2D eigenvalue weighted by atomic mass is 16.3. The van der Waals surface area contributed by atoms with E-state index in [-0.39, 0.29) is 18.0 Å². The average molecular weight is 226 g/mol. The van der Waals surface area contributed by atoms with Crippen molar-refractivity contribution >= 4 is 5.78 Å². The van der Waals surface area contributed by atoms with E-state index in [0.29, 0.717) is 11.1 Å². The SMILES string of the molecule is Cc1ccc(C(=O)Cc2ccccc2O)cc1. The molecule has 2 rings (SSSR count). The van der Waals surface area contributed by atoms with Gasteiger partial charge >= 0.3 is 0 Å². The second-order valence-electron chi connectivity index (χ2n) is 4.09. The quantitative estimate of drug-likeness (QED) is 0.816. The largest absolute Gasteiger partial charge is 0.508 e. The van der Waals surface area contributed by atoms with E-state index in [2.05, 4.69) is 0 Å². The van der Waals surface area contributed by atoms with Gasteiger partial charge in [-0.2, -0.15) is 0 Å². The van der Waals surface area contributed by atoms with Crippen LogP contribution >= 0.6 is 0 Å². The van der Waals surface area contributed by atoms with Crippen LogP contribution in [-0.4, -0.2) is 10.9 Å². The molecule has 2 aromatic carbocycles. The number of phenolic OH excluding ortho intramolecular Hbond substituents is 1. The normalized spacial score (nSPS) is 10.2. The van der Waals surface area contributed by atoms with Crippen molar-refractivity contribution in [3.63, 3.8) is 0 Å². The van der Waals surface area contributed by atoms with Gasteiger partial charge in [0.25, 0.3) is 0 Å². The van der Waals surface area contributed by atoms with Crippen LogP contribution in [0.5, 0.6) is 5.75 Å². The van der Waals surface area contributed by atoms with Gasteiger partial charge in [-0.15, -0.1) is 0 Å². The number of carbonyl (C=O) groups is 1. The highest BCUT2D eigenvalue weighted by Gasteiger charge is 2.09. The minimum absolute atomic E-state index is 0.0199. The fraction of sp³-hybridized carbons (Fsp3) is 0.133. The van der Waals surface area contributed by atoms with Gasteiger partial charge in [0.05, 0.1) is 0 Å². The number of carbonyl (C=O) groups excluding carboxylic acids is 1. The minimum atomic E-state index is 0.0199. The van der Waals surface area contributed by atoms with Gasteiger partial charge in [-0.3, -0.25) is 4.79 Å². The third kappa shape index (κ3) is 2.72. The third-order valence-corrected chi connectivity index (χ3v) is 2.72. The zero-order chi connectivity index (χ0) is 12.3. The molecule has 0 saturated heterocycles. The van der Waals surface area contributed by atoms with Crippen LogP contribution in [0.4, 0.5) is 0 Å². The van der Waals surface area contributed by atoms with E-state index in [4.69, 9.17) is 0 Å². The summed E-state index contributed by atoms with van der Waals surface area (Å²) in [6.45, 7) is 1.98. The zero-order valence-electron chi connectivity index (χ0n) is 9.68. The molecule has 0 unspecified atom stereocenters. The van der Waals surface area contributed by atoms with Gasteiger partial charge < -0.3 is 5.11 Å². The lowest BCUT2D eigenvalue weighted by molar-refractivity contribution is 0.0992. The van der Waals surface area contributed by atoms with Gasteiger partial charge in [-0.25, -0.2) is 0 Å². The molecule has 0 saturated carbocycles. The van der Waals surface area contributed by atoms with Crippen molar-refractivity contribution in [2.75, 3.05) is 0 Å². The van der Waals surface area contributed by atoms with Crippen molar-refractivity contribution in [1.29, 1.82) is 0 Å². The Bertz CT molecular complexity index is 527. The van der Waals surface area contributed by atoms with Crippen LogP contribution in [0.1, 0.15) is 21.5 Å². The van der Waals surface area contributed by atoms with Gasteiger partial charge in [0.15, 0.2) is 5.78 Å². The van der Waals surface area contributed by atoms with Gasteiger partial charge in [0.1, 0.15) is 5.75 Å². The van der Waals surface area contributed by atoms with Crippen LogP contribution in [0, 0.1) is 6.92 Å². The molecule has 0 fully saturated rings. The number of ketones is 1. The molecule has 1 N–H and O–H groups in total. The molecule has 0 aliphatic rings. The Labute approximate surface area is 101 Å². The molecule has 2 aromatic rings. The molecular weight excluding hydrogens is 212 g/mol. The second-order valence-corrected chi connectivity index (χ2v) is 4.09. The predicted octanol–water partition coefficient (Wildman–Crippen LogP) is 3.13. The molecular formula is C15H14O2. The molecule has 17 heavy (non-hydrogen) atoms. The first-order valence-electron chi connectivity index (χ1n) is 5.53. The van der Waals surface area contributed by atoms with E-state index >= 15 is 0 Å². The first kappa shape index (κ1) is 11.4. The summed E-state index contributed by atoms with van der Waals surface area (Å²) >= 11 is 0. The molecule has 0 aromatic heterocycles. The zero-order valence-corrected chi connectivity index (χ0v) is 9.68. The maximum absolute atomic E-state index is 12.0.